The fourth-order valence-electron chi connectivity index (χ4n) is 4.39. The maximum Gasteiger partial charge on any atom is 0.274 e. The van der Waals surface area contributed by atoms with Crippen LogP contribution in [-0.4, -0.2) is 50.1 Å². The summed E-state index contributed by atoms with van der Waals surface area (Å²) >= 11 is 0. The average molecular weight is 391 g/mol. The topological polar surface area (TPSA) is 65.2 Å². The Morgan fingerprint density at radius 2 is 1.90 bits per heavy atom. The summed E-state index contributed by atoms with van der Waals surface area (Å²) in [6.45, 7) is 3.94. The van der Waals surface area contributed by atoms with Crippen LogP contribution in [0.2, 0.25) is 0 Å². The Kier molecular flexibility index (Phi) is 4.28. The number of para-hydroxylation sites is 1. The lowest BCUT2D eigenvalue weighted by Crippen LogP contribution is -2.48. The highest BCUT2D eigenvalue weighted by Crippen LogP contribution is 2.41. The Labute approximate surface area is 169 Å². The molecule has 0 radical (unpaired) electrons. The summed E-state index contributed by atoms with van der Waals surface area (Å²) in [4.78, 5) is 14.7. The van der Waals surface area contributed by atoms with Gasteiger partial charge in [0.05, 0.1) is 18.0 Å². The van der Waals surface area contributed by atoms with Crippen LogP contribution in [0.1, 0.15) is 40.3 Å². The normalized spacial score (nSPS) is 18.1. The number of amides is 1. The van der Waals surface area contributed by atoms with Gasteiger partial charge in [0, 0.05) is 32.0 Å². The van der Waals surface area contributed by atoms with Crippen molar-refractivity contribution in [3.05, 3.63) is 65.2 Å². The van der Waals surface area contributed by atoms with Crippen molar-refractivity contribution in [2.75, 3.05) is 19.7 Å². The van der Waals surface area contributed by atoms with Gasteiger partial charge in [-0.3, -0.25) is 9.48 Å². The van der Waals surface area contributed by atoms with Gasteiger partial charge in [-0.05, 0) is 49.9 Å². The number of likely N-dealkylation sites (tertiary alicyclic amines) is 1. The lowest BCUT2D eigenvalue weighted by Gasteiger charge is -2.42. The van der Waals surface area contributed by atoms with E-state index in [-0.39, 0.29) is 5.91 Å². The molecule has 0 bridgehead atoms. The van der Waals surface area contributed by atoms with Gasteiger partial charge in [0.15, 0.2) is 5.69 Å². The number of aryl methyl sites for hydroxylation is 2. The number of benzene rings is 1. The number of piperidine rings is 1. The van der Waals surface area contributed by atoms with Crippen molar-refractivity contribution in [1.82, 2.24) is 24.5 Å². The number of carbonyl (C=O) groups excluding carboxylic acids is 1. The highest BCUT2D eigenvalue weighted by atomic mass is 16.5. The van der Waals surface area contributed by atoms with Gasteiger partial charge in [-0.25, -0.2) is 4.68 Å². The van der Waals surface area contributed by atoms with E-state index in [0.717, 1.165) is 36.3 Å². The van der Waals surface area contributed by atoms with Crippen molar-refractivity contribution < 1.29 is 9.53 Å². The number of hydrogen-bond acceptors (Lipinski definition) is 4. The number of ether oxygens (including phenoxy) is 1. The van der Waals surface area contributed by atoms with Crippen molar-refractivity contribution in [2.45, 2.75) is 31.8 Å². The highest BCUT2D eigenvalue weighted by molar-refractivity contribution is 5.92. The number of aromatic nitrogens is 4. The van der Waals surface area contributed by atoms with E-state index < -0.39 is 5.60 Å². The van der Waals surface area contributed by atoms with Crippen LogP contribution in [0.5, 0.6) is 0 Å². The minimum atomic E-state index is -0.398. The molecule has 2 aromatic heterocycles. The molecule has 0 atom stereocenters. The molecule has 1 saturated heterocycles. The molecular formula is C22H25N5O2. The molecular weight excluding hydrogens is 366 g/mol. The largest absolute Gasteiger partial charge is 0.368 e. The fraction of sp³-hybridized carbons (Fsp3) is 0.409. The van der Waals surface area contributed by atoms with E-state index in [1.54, 1.807) is 4.68 Å². The quantitative estimate of drug-likeness (QED) is 0.674. The molecule has 0 unspecified atom stereocenters. The summed E-state index contributed by atoms with van der Waals surface area (Å²) in [5.74, 6) is -0.00519. The predicted octanol–water partition coefficient (Wildman–Crippen LogP) is 2.62. The van der Waals surface area contributed by atoms with Gasteiger partial charge < -0.3 is 9.64 Å². The number of rotatable bonds is 2. The van der Waals surface area contributed by atoms with Gasteiger partial charge in [0.25, 0.3) is 5.91 Å². The van der Waals surface area contributed by atoms with E-state index >= 15 is 0 Å². The molecule has 7 nitrogen and oxygen atoms in total. The lowest BCUT2D eigenvalue weighted by atomic mass is 9.83. The van der Waals surface area contributed by atoms with Gasteiger partial charge in [0.2, 0.25) is 0 Å². The average Bonchev–Trinajstić information content (AvgIpc) is 3.33. The van der Waals surface area contributed by atoms with Gasteiger partial charge in [0.1, 0.15) is 5.60 Å². The molecule has 1 fully saturated rings. The maximum absolute atomic E-state index is 12.9. The van der Waals surface area contributed by atoms with Crippen molar-refractivity contribution in [3.8, 4) is 5.69 Å². The third-order valence-electron chi connectivity index (χ3n) is 6.18. The van der Waals surface area contributed by atoms with E-state index in [4.69, 9.17) is 9.84 Å². The third-order valence-corrected chi connectivity index (χ3v) is 6.18. The number of carbonyl (C=O) groups is 1. The van der Waals surface area contributed by atoms with Gasteiger partial charge in [-0.1, -0.05) is 18.2 Å². The number of hydrogen-bond donors (Lipinski definition) is 0. The summed E-state index contributed by atoms with van der Waals surface area (Å²) in [5.41, 5.74) is 4.43. The number of fused-ring (bicyclic) bond motifs is 2. The maximum atomic E-state index is 12.9. The molecule has 1 amide bonds. The first-order valence-electron chi connectivity index (χ1n) is 10.1. The van der Waals surface area contributed by atoms with Crippen LogP contribution in [0.4, 0.5) is 0 Å². The van der Waals surface area contributed by atoms with Gasteiger partial charge >= 0.3 is 0 Å². The molecule has 7 heteroatoms. The molecule has 150 valence electrons. The van der Waals surface area contributed by atoms with E-state index in [0.29, 0.717) is 25.4 Å². The molecule has 5 rings (SSSR count). The van der Waals surface area contributed by atoms with Crippen LogP contribution >= 0.6 is 0 Å². The summed E-state index contributed by atoms with van der Waals surface area (Å²) in [7, 11) is 1.86. The zero-order chi connectivity index (χ0) is 20.0. The van der Waals surface area contributed by atoms with E-state index in [1.165, 1.54) is 5.56 Å². The molecule has 1 aromatic carbocycles. The molecule has 4 heterocycles. The molecule has 1 spiro atoms. The van der Waals surface area contributed by atoms with Crippen LogP contribution in [0, 0.1) is 6.92 Å². The van der Waals surface area contributed by atoms with Crippen molar-refractivity contribution in [2.24, 2.45) is 7.05 Å². The second-order valence-corrected chi connectivity index (χ2v) is 7.96. The zero-order valence-corrected chi connectivity index (χ0v) is 16.8. The Balaban J connectivity index is 1.37. The van der Waals surface area contributed by atoms with Crippen molar-refractivity contribution in [1.29, 1.82) is 0 Å². The Morgan fingerprint density at radius 1 is 1.14 bits per heavy atom. The molecule has 29 heavy (non-hydrogen) atoms. The monoisotopic (exact) mass is 391 g/mol. The minimum Gasteiger partial charge on any atom is -0.368 e. The predicted molar refractivity (Wildman–Crippen MR) is 108 cm³/mol. The Bertz CT molecular complexity index is 1030. The molecule has 0 saturated carbocycles. The molecule has 2 aliphatic heterocycles. The van der Waals surface area contributed by atoms with Crippen molar-refractivity contribution >= 4 is 5.91 Å². The summed E-state index contributed by atoms with van der Waals surface area (Å²) in [6, 6.07) is 12.0. The van der Waals surface area contributed by atoms with E-state index in [2.05, 4.69) is 23.4 Å². The first-order valence-corrected chi connectivity index (χ1v) is 10.1. The second-order valence-electron chi connectivity index (χ2n) is 7.96. The van der Waals surface area contributed by atoms with Gasteiger partial charge in [-0.2, -0.15) is 10.2 Å². The SMILES string of the molecule is Cc1cc(C(=O)N2CCC3(CC2)OCCc2cn(-c4ccccc4)nc23)nn1C. The fourth-order valence-corrected chi connectivity index (χ4v) is 4.39. The highest BCUT2D eigenvalue weighted by Gasteiger charge is 2.44. The molecule has 3 aromatic rings. The van der Waals surface area contributed by atoms with Crippen LogP contribution < -0.4 is 0 Å². The van der Waals surface area contributed by atoms with Crippen LogP contribution in [0.15, 0.2) is 42.6 Å². The molecule has 0 aliphatic carbocycles. The van der Waals surface area contributed by atoms with E-state index in [9.17, 15) is 4.79 Å². The Hall–Kier alpha value is -2.93. The van der Waals surface area contributed by atoms with Gasteiger partial charge in [-0.15, -0.1) is 0 Å². The number of nitrogens with zero attached hydrogens (tertiary/aromatic N) is 5. The Morgan fingerprint density at radius 3 is 2.59 bits per heavy atom. The summed E-state index contributed by atoms with van der Waals surface area (Å²) in [6.07, 6.45) is 4.51. The standard InChI is InChI=1S/C22H25N5O2/c1-16-14-19(23-25(16)2)21(28)26-11-9-22(10-12-26)20-17(8-13-29-22)15-27(24-20)18-6-4-3-5-7-18/h3-7,14-15H,8-13H2,1-2H3. The smallest absolute Gasteiger partial charge is 0.274 e. The minimum absolute atomic E-state index is 0.00519. The first-order chi connectivity index (χ1) is 14.1. The first kappa shape index (κ1) is 18.1. The lowest BCUT2D eigenvalue weighted by molar-refractivity contribution is -0.0963. The van der Waals surface area contributed by atoms with E-state index in [1.807, 2.05) is 47.8 Å². The van der Waals surface area contributed by atoms with Crippen molar-refractivity contribution in [3.63, 3.8) is 0 Å². The molecule has 0 N–H and O–H groups in total. The van der Waals surface area contributed by atoms with Crippen LogP contribution in [-0.2, 0) is 23.8 Å². The second kappa shape index (κ2) is 6.84. The zero-order valence-electron chi connectivity index (χ0n) is 16.8. The third kappa shape index (κ3) is 3.06. The van der Waals surface area contributed by atoms with Crippen LogP contribution in [0.25, 0.3) is 5.69 Å². The van der Waals surface area contributed by atoms with Crippen LogP contribution in [0.3, 0.4) is 0 Å². The summed E-state index contributed by atoms with van der Waals surface area (Å²) < 4.78 is 10.0. The summed E-state index contributed by atoms with van der Waals surface area (Å²) in [5, 5.41) is 9.25. The molecule has 2 aliphatic rings.